The summed E-state index contributed by atoms with van der Waals surface area (Å²) in [7, 11) is 2.04. The van der Waals surface area contributed by atoms with E-state index in [1.165, 1.54) is 0 Å². The fraction of sp³-hybridized carbons (Fsp3) is 0.556. The third-order valence-electron chi connectivity index (χ3n) is 3.81. The van der Waals surface area contributed by atoms with Gasteiger partial charge in [0.05, 0.1) is 4.47 Å². The lowest BCUT2D eigenvalue weighted by molar-refractivity contribution is 0.312. The Morgan fingerprint density at radius 1 is 1.00 bits per heavy atom. The maximum Gasteiger partial charge on any atom is 0.311 e. The molecule has 0 N–H and O–H groups in total. The molecule has 1 saturated heterocycles. The molecule has 0 saturated carbocycles. The first-order chi connectivity index (χ1) is 12.0. The topological polar surface area (TPSA) is 32.3 Å². The zero-order valence-corrected chi connectivity index (χ0v) is 17.4. The van der Waals surface area contributed by atoms with Crippen LogP contribution in [-0.2, 0) is 0 Å². The quantitative estimate of drug-likeness (QED) is 0.625. The van der Waals surface area contributed by atoms with E-state index < -0.39 is 11.9 Å². The number of halogens is 3. The van der Waals surface area contributed by atoms with E-state index >= 15 is 0 Å². The standard InChI is InChI=1S/C14H15BrF2N4.2C2H6/c1-8-7-9-12(11(16)10(8)15)18-14(17)19-13(9)21-5-3-20(2)4-6-21;2*1-2/h7H,3-6H2,1-2H3;2*1-2H3. The molecule has 140 valence electrons. The Labute approximate surface area is 157 Å². The van der Waals surface area contributed by atoms with Crippen molar-refractivity contribution < 1.29 is 8.78 Å². The van der Waals surface area contributed by atoms with E-state index in [-0.39, 0.29) is 5.52 Å². The normalized spacial score (nSPS) is 14.5. The van der Waals surface area contributed by atoms with Crippen molar-refractivity contribution in [2.75, 3.05) is 38.1 Å². The van der Waals surface area contributed by atoms with Gasteiger partial charge in [0, 0.05) is 31.6 Å². The SMILES string of the molecule is CC.CC.Cc1cc2c(N3CCN(C)CC3)nc(F)nc2c(F)c1Br. The van der Waals surface area contributed by atoms with E-state index in [2.05, 4.69) is 30.8 Å². The molecule has 0 unspecified atom stereocenters. The third-order valence-corrected chi connectivity index (χ3v) is 4.78. The monoisotopic (exact) mass is 416 g/mol. The van der Waals surface area contributed by atoms with Gasteiger partial charge in [-0.1, -0.05) is 27.7 Å². The van der Waals surface area contributed by atoms with Gasteiger partial charge in [0.1, 0.15) is 11.3 Å². The van der Waals surface area contributed by atoms with Gasteiger partial charge >= 0.3 is 6.08 Å². The summed E-state index contributed by atoms with van der Waals surface area (Å²) in [6.07, 6.45) is -0.897. The molecule has 1 fully saturated rings. The van der Waals surface area contributed by atoms with Gasteiger partial charge in [-0.25, -0.2) is 4.39 Å². The van der Waals surface area contributed by atoms with Crippen LogP contribution < -0.4 is 4.90 Å². The van der Waals surface area contributed by atoms with E-state index in [1.807, 2.05) is 39.6 Å². The molecule has 4 nitrogen and oxygen atoms in total. The van der Waals surface area contributed by atoms with Crippen molar-refractivity contribution in [1.29, 1.82) is 0 Å². The number of rotatable bonds is 1. The Morgan fingerprint density at radius 3 is 2.12 bits per heavy atom. The van der Waals surface area contributed by atoms with Crippen molar-refractivity contribution >= 4 is 32.7 Å². The van der Waals surface area contributed by atoms with Crippen LogP contribution in [0.15, 0.2) is 10.5 Å². The number of hydrogen-bond acceptors (Lipinski definition) is 4. The first kappa shape index (κ1) is 21.7. The summed E-state index contributed by atoms with van der Waals surface area (Å²) in [5, 5.41) is 0.555. The second-order valence-electron chi connectivity index (χ2n) is 5.32. The minimum atomic E-state index is -0.897. The summed E-state index contributed by atoms with van der Waals surface area (Å²) < 4.78 is 28.3. The van der Waals surface area contributed by atoms with Crippen LogP contribution in [0.25, 0.3) is 10.9 Å². The molecule has 1 aromatic heterocycles. The predicted octanol–water partition coefficient (Wildman–Crippen LogP) is 4.78. The van der Waals surface area contributed by atoms with Crippen molar-refractivity contribution in [1.82, 2.24) is 14.9 Å². The maximum atomic E-state index is 14.3. The Kier molecular flexibility index (Phi) is 8.65. The summed E-state index contributed by atoms with van der Waals surface area (Å²) in [5.41, 5.74) is 0.763. The summed E-state index contributed by atoms with van der Waals surface area (Å²) >= 11 is 3.18. The van der Waals surface area contributed by atoms with Gasteiger partial charge in [0.2, 0.25) is 0 Å². The van der Waals surface area contributed by atoms with E-state index in [9.17, 15) is 8.78 Å². The summed E-state index contributed by atoms with van der Waals surface area (Å²) in [6, 6.07) is 1.80. The highest BCUT2D eigenvalue weighted by atomic mass is 79.9. The Balaban J connectivity index is 0.000000730. The summed E-state index contributed by atoms with van der Waals surface area (Å²) in [6.45, 7) is 13.0. The van der Waals surface area contributed by atoms with Crippen molar-refractivity contribution in [3.63, 3.8) is 0 Å². The van der Waals surface area contributed by atoms with E-state index in [1.54, 1.807) is 13.0 Å². The summed E-state index contributed by atoms with van der Waals surface area (Å²) in [4.78, 5) is 11.7. The molecule has 0 atom stereocenters. The van der Waals surface area contributed by atoms with Gasteiger partial charge in [-0.3, -0.25) is 0 Å². The maximum absolute atomic E-state index is 14.3. The van der Waals surface area contributed by atoms with Crippen LogP contribution in [0.4, 0.5) is 14.6 Å². The molecule has 0 bridgehead atoms. The fourth-order valence-electron chi connectivity index (χ4n) is 2.55. The zero-order chi connectivity index (χ0) is 19.1. The lowest BCUT2D eigenvalue weighted by atomic mass is 10.1. The number of benzene rings is 1. The van der Waals surface area contributed by atoms with Crippen LogP contribution in [0.1, 0.15) is 33.3 Å². The van der Waals surface area contributed by atoms with E-state index in [4.69, 9.17) is 0 Å². The largest absolute Gasteiger partial charge is 0.353 e. The molecule has 3 rings (SSSR count). The highest BCUT2D eigenvalue weighted by molar-refractivity contribution is 9.10. The van der Waals surface area contributed by atoms with Gasteiger partial charge in [0.15, 0.2) is 5.82 Å². The molecule has 7 heteroatoms. The average molecular weight is 417 g/mol. The van der Waals surface area contributed by atoms with Crippen molar-refractivity contribution in [2.24, 2.45) is 0 Å². The van der Waals surface area contributed by atoms with Crippen LogP contribution in [0.3, 0.4) is 0 Å². The Hall–Kier alpha value is -1.34. The van der Waals surface area contributed by atoms with Crippen molar-refractivity contribution in [2.45, 2.75) is 34.6 Å². The third kappa shape index (κ3) is 4.85. The minimum absolute atomic E-state index is 0.0221. The number of hydrogen-bond donors (Lipinski definition) is 0. The van der Waals surface area contributed by atoms with Crippen LogP contribution in [0.5, 0.6) is 0 Å². The smallest absolute Gasteiger partial charge is 0.311 e. The average Bonchev–Trinajstić information content (AvgIpc) is 2.64. The van der Waals surface area contributed by atoms with Crippen LogP contribution in [-0.4, -0.2) is 48.1 Å². The second kappa shape index (κ2) is 9.97. The second-order valence-corrected chi connectivity index (χ2v) is 6.12. The highest BCUT2D eigenvalue weighted by Crippen LogP contribution is 2.32. The number of piperazine rings is 1. The van der Waals surface area contributed by atoms with Crippen LogP contribution >= 0.6 is 15.9 Å². The number of aromatic nitrogens is 2. The van der Waals surface area contributed by atoms with Gasteiger partial charge in [-0.05, 0) is 41.5 Å². The molecular formula is C18H27BrF2N4. The Bertz CT molecular complexity index is 701. The number of fused-ring (bicyclic) bond motifs is 1. The van der Waals surface area contributed by atoms with Crippen LogP contribution in [0.2, 0.25) is 0 Å². The van der Waals surface area contributed by atoms with Crippen molar-refractivity contribution in [3.05, 3.63) is 28.0 Å². The lowest BCUT2D eigenvalue weighted by Crippen LogP contribution is -2.45. The first-order valence-corrected chi connectivity index (χ1v) is 9.52. The number of nitrogens with zero attached hydrogens (tertiary/aromatic N) is 4. The summed E-state index contributed by atoms with van der Waals surface area (Å²) in [5.74, 6) is -0.0678. The highest BCUT2D eigenvalue weighted by Gasteiger charge is 2.22. The molecule has 0 spiro atoms. The molecule has 0 amide bonds. The Morgan fingerprint density at radius 2 is 1.56 bits per heavy atom. The number of anilines is 1. The van der Waals surface area contributed by atoms with Gasteiger partial charge < -0.3 is 9.80 Å². The molecular weight excluding hydrogens is 390 g/mol. The van der Waals surface area contributed by atoms with E-state index in [0.717, 1.165) is 31.7 Å². The van der Waals surface area contributed by atoms with Gasteiger partial charge in [-0.2, -0.15) is 14.4 Å². The molecule has 1 aliphatic rings. The van der Waals surface area contributed by atoms with Gasteiger partial charge in [0.25, 0.3) is 0 Å². The molecule has 0 radical (unpaired) electrons. The van der Waals surface area contributed by atoms with Crippen molar-refractivity contribution in [3.8, 4) is 0 Å². The van der Waals surface area contributed by atoms with Gasteiger partial charge in [-0.15, -0.1) is 0 Å². The minimum Gasteiger partial charge on any atom is -0.353 e. The van der Waals surface area contributed by atoms with Crippen LogP contribution in [0, 0.1) is 18.8 Å². The molecule has 25 heavy (non-hydrogen) atoms. The zero-order valence-electron chi connectivity index (χ0n) is 15.8. The lowest BCUT2D eigenvalue weighted by Gasteiger charge is -2.33. The first-order valence-electron chi connectivity index (χ1n) is 8.72. The molecule has 1 aliphatic heterocycles. The fourth-order valence-corrected chi connectivity index (χ4v) is 2.85. The predicted molar refractivity (Wildman–Crippen MR) is 104 cm³/mol. The molecule has 0 aliphatic carbocycles. The number of aryl methyl sites for hydroxylation is 1. The molecule has 2 aromatic rings. The molecule has 2 heterocycles. The molecule has 1 aromatic carbocycles. The van der Waals surface area contributed by atoms with E-state index in [0.29, 0.717) is 15.7 Å². The number of likely N-dealkylation sites (N-methyl/N-ethyl adjacent to an activating group) is 1.